The second kappa shape index (κ2) is 3.65. The normalized spacial score (nSPS) is 15.9. The Balaban J connectivity index is 2.23. The van der Waals surface area contributed by atoms with Crippen molar-refractivity contribution >= 4 is 5.78 Å². The van der Waals surface area contributed by atoms with E-state index in [1.807, 2.05) is 6.08 Å². The summed E-state index contributed by atoms with van der Waals surface area (Å²) >= 11 is 0. The van der Waals surface area contributed by atoms with Crippen LogP contribution in [0.1, 0.15) is 23.3 Å². The van der Waals surface area contributed by atoms with Crippen LogP contribution in [0.25, 0.3) is 0 Å². The number of aryl methyl sites for hydroxylation is 1. The van der Waals surface area contributed by atoms with E-state index in [1.165, 1.54) is 0 Å². The largest absolute Gasteiger partial charge is 0.490 e. The number of ketones is 1. The Morgan fingerprint density at radius 2 is 2.50 bits per heavy atom. The molecule has 0 fully saturated rings. The lowest BCUT2D eigenvalue weighted by Gasteiger charge is -2.13. The summed E-state index contributed by atoms with van der Waals surface area (Å²) in [5.41, 5.74) is 0.568. The van der Waals surface area contributed by atoms with Gasteiger partial charge in [-0.25, -0.2) is 0 Å². The van der Waals surface area contributed by atoms with E-state index in [1.54, 1.807) is 24.0 Å². The number of Topliss-reactive ketones (excluding diaryl/α,β-unsaturated/α-hetero) is 1. The van der Waals surface area contributed by atoms with Crippen LogP contribution in [0.3, 0.4) is 0 Å². The van der Waals surface area contributed by atoms with Crippen molar-refractivity contribution in [3.8, 4) is 0 Å². The molecule has 0 spiro atoms. The number of hydrogen-bond donors (Lipinski definition) is 0. The summed E-state index contributed by atoms with van der Waals surface area (Å²) in [5.74, 6) is 0.379. The van der Waals surface area contributed by atoms with E-state index in [9.17, 15) is 4.79 Å². The van der Waals surface area contributed by atoms with Crippen LogP contribution in [0.5, 0.6) is 0 Å². The monoisotopic (exact) mass is 192 g/mol. The quantitative estimate of drug-likeness (QED) is 0.663. The van der Waals surface area contributed by atoms with Crippen molar-refractivity contribution in [3.05, 3.63) is 29.8 Å². The zero-order valence-corrected chi connectivity index (χ0v) is 8.06. The molecule has 2 heterocycles. The predicted molar refractivity (Wildman–Crippen MR) is 50.8 cm³/mol. The summed E-state index contributed by atoms with van der Waals surface area (Å²) in [6.07, 6.45) is 5.36. The molecule has 0 atom stereocenters. The van der Waals surface area contributed by atoms with Crippen LogP contribution >= 0.6 is 0 Å². The predicted octanol–water partition coefficient (Wildman–Crippen LogP) is 1.30. The van der Waals surface area contributed by atoms with Gasteiger partial charge in [0.1, 0.15) is 5.69 Å². The van der Waals surface area contributed by atoms with Crippen molar-refractivity contribution in [2.45, 2.75) is 12.8 Å². The Hall–Kier alpha value is -1.58. The maximum Gasteiger partial charge on any atom is 0.245 e. The van der Waals surface area contributed by atoms with Crippen molar-refractivity contribution in [2.24, 2.45) is 7.05 Å². The molecule has 1 aliphatic rings. The van der Waals surface area contributed by atoms with Gasteiger partial charge in [-0.05, 0) is 25.0 Å². The lowest BCUT2D eigenvalue weighted by Crippen LogP contribution is -2.14. The first-order valence-corrected chi connectivity index (χ1v) is 4.64. The molecule has 0 unspecified atom stereocenters. The molecule has 0 aromatic carbocycles. The number of ether oxygens (including phenoxy) is 1. The second-order valence-electron chi connectivity index (χ2n) is 3.23. The van der Waals surface area contributed by atoms with E-state index in [4.69, 9.17) is 4.74 Å². The molecular formula is C10H12N2O2. The van der Waals surface area contributed by atoms with Crippen LogP contribution in [-0.2, 0) is 11.8 Å². The number of allylic oxidation sites excluding steroid dienone is 2. The highest BCUT2D eigenvalue weighted by molar-refractivity contribution is 6.06. The molecule has 2 rings (SSSR count). The molecule has 74 valence electrons. The topological polar surface area (TPSA) is 44.1 Å². The Morgan fingerprint density at radius 1 is 1.64 bits per heavy atom. The molecule has 0 saturated heterocycles. The van der Waals surface area contributed by atoms with E-state index in [0.717, 1.165) is 12.8 Å². The van der Waals surface area contributed by atoms with Gasteiger partial charge in [-0.2, -0.15) is 5.10 Å². The highest BCUT2D eigenvalue weighted by Crippen LogP contribution is 2.14. The summed E-state index contributed by atoms with van der Waals surface area (Å²) in [4.78, 5) is 11.8. The molecule has 4 heteroatoms. The summed E-state index contributed by atoms with van der Waals surface area (Å²) in [6, 6.07) is 1.70. The van der Waals surface area contributed by atoms with E-state index in [-0.39, 0.29) is 5.78 Å². The molecule has 0 N–H and O–H groups in total. The Kier molecular flexibility index (Phi) is 2.35. The van der Waals surface area contributed by atoms with Crippen LogP contribution in [-0.4, -0.2) is 22.2 Å². The van der Waals surface area contributed by atoms with Crippen LogP contribution in [0.15, 0.2) is 24.1 Å². The fourth-order valence-electron chi connectivity index (χ4n) is 1.44. The average molecular weight is 192 g/mol. The zero-order chi connectivity index (χ0) is 9.97. The Morgan fingerprint density at radius 3 is 3.07 bits per heavy atom. The summed E-state index contributed by atoms with van der Waals surface area (Å²) in [6.45, 7) is 0.634. The van der Waals surface area contributed by atoms with Crippen molar-refractivity contribution < 1.29 is 9.53 Å². The molecule has 1 aromatic heterocycles. The molecule has 0 saturated carbocycles. The molecule has 0 radical (unpaired) electrons. The fourth-order valence-corrected chi connectivity index (χ4v) is 1.44. The number of carbonyl (C=O) groups excluding carboxylic acids is 1. The van der Waals surface area contributed by atoms with Crippen molar-refractivity contribution in [1.82, 2.24) is 9.78 Å². The Labute approximate surface area is 82.2 Å². The molecule has 0 aliphatic carbocycles. The molecule has 1 aliphatic heterocycles. The first kappa shape index (κ1) is 8.99. The van der Waals surface area contributed by atoms with Crippen LogP contribution in [0, 0.1) is 0 Å². The van der Waals surface area contributed by atoms with E-state index in [2.05, 4.69) is 5.10 Å². The molecule has 0 amide bonds. The van der Waals surface area contributed by atoms with Crippen LogP contribution in [0.2, 0.25) is 0 Å². The number of hydrogen-bond acceptors (Lipinski definition) is 3. The van der Waals surface area contributed by atoms with E-state index in [0.29, 0.717) is 18.1 Å². The number of carbonyl (C=O) groups is 1. The molecule has 14 heavy (non-hydrogen) atoms. The number of nitrogens with zero attached hydrogens (tertiary/aromatic N) is 2. The average Bonchev–Trinajstić information content (AvgIpc) is 2.65. The SMILES string of the molecule is Cn1nccc1C(=O)C1=CCCCO1. The van der Waals surface area contributed by atoms with Gasteiger partial charge in [-0.1, -0.05) is 0 Å². The third-order valence-electron chi connectivity index (χ3n) is 2.21. The standard InChI is InChI=1S/C10H12N2O2/c1-12-8(5-6-11-12)10(13)9-4-2-3-7-14-9/h4-6H,2-3,7H2,1H3. The summed E-state index contributed by atoms with van der Waals surface area (Å²) in [7, 11) is 1.75. The van der Waals surface area contributed by atoms with Gasteiger partial charge in [0.05, 0.1) is 6.61 Å². The Bertz CT molecular complexity index is 379. The highest BCUT2D eigenvalue weighted by Gasteiger charge is 2.18. The first-order chi connectivity index (χ1) is 6.79. The third-order valence-corrected chi connectivity index (χ3v) is 2.21. The van der Waals surface area contributed by atoms with Crippen LogP contribution in [0.4, 0.5) is 0 Å². The minimum Gasteiger partial charge on any atom is -0.490 e. The van der Waals surface area contributed by atoms with Gasteiger partial charge in [0.2, 0.25) is 5.78 Å². The lowest BCUT2D eigenvalue weighted by molar-refractivity contribution is 0.0890. The molecular weight excluding hydrogens is 180 g/mol. The second-order valence-corrected chi connectivity index (χ2v) is 3.23. The fraction of sp³-hybridized carbons (Fsp3) is 0.400. The van der Waals surface area contributed by atoms with Gasteiger partial charge in [0.15, 0.2) is 5.76 Å². The lowest BCUT2D eigenvalue weighted by atomic mass is 10.1. The molecule has 1 aromatic rings. The maximum absolute atomic E-state index is 11.8. The molecule has 4 nitrogen and oxygen atoms in total. The first-order valence-electron chi connectivity index (χ1n) is 4.64. The van der Waals surface area contributed by atoms with Crippen molar-refractivity contribution in [3.63, 3.8) is 0 Å². The van der Waals surface area contributed by atoms with Gasteiger partial charge in [-0.3, -0.25) is 9.48 Å². The minimum atomic E-state index is -0.0790. The van der Waals surface area contributed by atoms with Gasteiger partial charge in [0, 0.05) is 13.2 Å². The third kappa shape index (κ3) is 1.55. The van der Waals surface area contributed by atoms with Gasteiger partial charge in [0.25, 0.3) is 0 Å². The van der Waals surface area contributed by atoms with E-state index >= 15 is 0 Å². The minimum absolute atomic E-state index is 0.0790. The van der Waals surface area contributed by atoms with E-state index < -0.39 is 0 Å². The highest BCUT2D eigenvalue weighted by atomic mass is 16.5. The number of rotatable bonds is 2. The van der Waals surface area contributed by atoms with Crippen LogP contribution < -0.4 is 0 Å². The zero-order valence-electron chi connectivity index (χ0n) is 8.06. The van der Waals surface area contributed by atoms with Gasteiger partial charge in [-0.15, -0.1) is 0 Å². The maximum atomic E-state index is 11.8. The summed E-state index contributed by atoms with van der Waals surface area (Å²) in [5, 5.41) is 3.95. The van der Waals surface area contributed by atoms with Gasteiger partial charge >= 0.3 is 0 Å². The summed E-state index contributed by atoms with van der Waals surface area (Å²) < 4.78 is 6.85. The molecule has 0 bridgehead atoms. The smallest absolute Gasteiger partial charge is 0.245 e. The number of aromatic nitrogens is 2. The van der Waals surface area contributed by atoms with Crippen molar-refractivity contribution in [1.29, 1.82) is 0 Å². The van der Waals surface area contributed by atoms with Crippen molar-refractivity contribution in [2.75, 3.05) is 6.61 Å². The van der Waals surface area contributed by atoms with Gasteiger partial charge < -0.3 is 4.74 Å².